The van der Waals surface area contributed by atoms with Gasteiger partial charge in [-0.1, -0.05) is 40.5 Å². The van der Waals surface area contributed by atoms with Crippen molar-refractivity contribution in [3.05, 3.63) is 0 Å². The van der Waals surface area contributed by atoms with Crippen LogP contribution in [0.1, 0.15) is 53.4 Å². The highest BCUT2D eigenvalue weighted by molar-refractivity contribution is 4.63. The Morgan fingerprint density at radius 1 is 0.846 bits per heavy atom. The monoisotopic (exact) mass is 186 g/mol. The molecule has 1 N–H and O–H groups in total. The Balaban J connectivity index is 3.50. The van der Waals surface area contributed by atoms with E-state index in [4.69, 9.17) is 5.11 Å². The fourth-order valence-corrected chi connectivity index (χ4v) is 1.58. The average Bonchev–Trinajstić information content (AvgIpc) is 2.10. The Morgan fingerprint density at radius 2 is 1.38 bits per heavy atom. The minimum absolute atomic E-state index is 0.348. The first kappa shape index (κ1) is 13.0. The lowest BCUT2D eigenvalue weighted by molar-refractivity contribution is 0.250. The van der Waals surface area contributed by atoms with E-state index < -0.39 is 0 Å². The average molecular weight is 186 g/mol. The van der Waals surface area contributed by atoms with Gasteiger partial charge in [-0.3, -0.25) is 0 Å². The lowest BCUT2D eigenvalue weighted by Crippen LogP contribution is -2.09. The smallest absolute Gasteiger partial charge is 0.0431 e. The van der Waals surface area contributed by atoms with Gasteiger partial charge in [-0.05, 0) is 30.6 Å². The molecule has 0 fully saturated rings. The second-order valence-electron chi connectivity index (χ2n) is 4.79. The fraction of sp³-hybridized carbons (Fsp3) is 1.00. The van der Waals surface area contributed by atoms with Crippen LogP contribution >= 0.6 is 0 Å². The summed E-state index contributed by atoms with van der Waals surface area (Å²) in [6.45, 7) is 9.56. The van der Waals surface area contributed by atoms with E-state index in [-0.39, 0.29) is 0 Å². The highest BCUT2D eigenvalue weighted by Gasteiger charge is 2.11. The summed E-state index contributed by atoms with van der Waals surface area (Å²) in [6, 6.07) is 0. The molecule has 2 unspecified atom stereocenters. The normalized spacial score (nSPS) is 16.2. The third-order valence-corrected chi connectivity index (χ3v) is 2.99. The predicted molar refractivity (Wildman–Crippen MR) is 58.7 cm³/mol. The van der Waals surface area contributed by atoms with Gasteiger partial charge in [0.25, 0.3) is 0 Å². The molecule has 13 heavy (non-hydrogen) atoms. The number of aliphatic hydroxyl groups is 1. The molecule has 0 aliphatic heterocycles. The lowest BCUT2D eigenvalue weighted by Gasteiger charge is -2.20. The van der Waals surface area contributed by atoms with E-state index >= 15 is 0 Å². The van der Waals surface area contributed by atoms with Crippen molar-refractivity contribution in [1.29, 1.82) is 0 Å². The van der Waals surface area contributed by atoms with Crippen LogP contribution in [0.15, 0.2) is 0 Å². The number of aliphatic hydroxyl groups excluding tert-OH is 1. The van der Waals surface area contributed by atoms with Crippen LogP contribution < -0.4 is 0 Å². The molecule has 0 spiro atoms. The summed E-state index contributed by atoms with van der Waals surface area (Å²) in [6.07, 6.45) is 4.82. The molecule has 0 aromatic rings. The van der Waals surface area contributed by atoms with Crippen LogP contribution in [0.25, 0.3) is 0 Å². The topological polar surface area (TPSA) is 20.2 Å². The van der Waals surface area contributed by atoms with Gasteiger partial charge in [0.05, 0.1) is 0 Å². The number of hydrogen-bond acceptors (Lipinski definition) is 1. The van der Waals surface area contributed by atoms with E-state index in [9.17, 15) is 0 Å². The van der Waals surface area contributed by atoms with Crippen molar-refractivity contribution >= 4 is 0 Å². The number of rotatable bonds is 7. The van der Waals surface area contributed by atoms with Crippen LogP contribution in [-0.4, -0.2) is 11.7 Å². The molecule has 0 bridgehead atoms. The summed E-state index contributed by atoms with van der Waals surface area (Å²) >= 11 is 0. The maximum Gasteiger partial charge on any atom is 0.0431 e. The molecule has 0 amide bonds. The van der Waals surface area contributed by atoms with Crippen LogP contribution in [0.4, 0.5) is 0 Å². The van der Waals surface area contributed by atoms with E-state index in [1.165, 1.54) is 19.3 Å². The fourth-order valence-electron chi connectivity index (χ4n) is 1.58. The maximum absolute atomic E-state index is 8.72. The second kappa shape index (κ2) is 7.37. The Morgan fingerprint density at radius 3 is 1.85 bits per heavy atom. The Bertz CT molecular complexity index is 110. The molecule has 0 aromatic carbocycles. The summed E-state index contributed by atoms with van der Waals surface area (Å²) in [5, 5.41) is 8.72. The predicted octanol–water partition coefficient (Wildman–Crippen LogP) is 3.47. The molecule has 1 nitrogen and oxygen atoms in total. The number of hydrogen-bond donors (Lipinski definition) is 1. The summed E-state index contributed by atoms with van der Waals surface area (Å²) in [5.74, 6) is 2.41. The lowest BCUT2D eigenvalue weighted by atomic mass is 9.86. The van der Waals surface area contributed by atoms with Gasteiger partial charge in [0.1, 0.15) is 0 Å². The molecule has 0 saturated carbocycles. The Hall–Kier alpha value is -0.0400. The zero-order valence-corrected chi connectivity index (χ0v) is 9.71. The summed E-state index contributed by atoms with van der Waals surface area (Å²) in [5.41, 5.74) is 0. The SMILES string of the molecule is CC(C)CCC(C)C(C)CCCO. The summed E-state index contributed by atoms with van der Waals surface area (Å²) in [7, 11) is 0. The molecule has 1 heteroatoms. The van der Waals surface area contributed by atoms with Crippen LogP contribution in [0.5, 0.6) is 0 Å². The third-order valence-electron chi connectivity index (χ3n) is 2.99. The second-order valence-corrected chi connectivity index (χ2v) is 4.79. The Labute approximate surface area is 83.5 Å². The van der Waals surface area contributed by atoms with Crippen LogP contribution in [0, 0.1) is 17.8 Å². The van der Waals surface area contributed by atoms with E-state index in [0.29, 0.717) is 6.61 Å². The molecule has 0 aliphatic carbocycles. The van der Waals surface area contributed by atoms with Crippen molar-refractivity contribution in [2.45, 2.75) is 53.4 Å². The van der Waals surface area contributed by atoms with Crippen molar-refractivity contribution in [3.63, 3.8) is 0 Å². The van der Waals surface area contributed by atoms with Gasteiger partial charge >= 0.3 is 0 Å². The highest BCUT2D eigenvalue weighted by Crippen LogP contribution is 2.22. The van der Waals surface area contributed by atoms with E-state index in [0.717, 1.165) is 24.2 Å². The largest absolute Gasteiger partial charge is 0.396 e. The molecule has 2 atom stereocenters. The van der Waals surface area contributed by atoms with Crippen LogP contribution in [-0.2, 0) is 0 Å². The van der Waals surface area contributed by atoms with Gasteiger partial charge in [0.15, 0.2) is 0 Å². The Kier molecular flexibility index (Phi) is 7.35. The quantitative estimate of drug-likeness (QED) is 0.645. The van der Waals surface area contributed by atoms with Gasteiger partial charge in [0.2, 0.25) is 0 Å². The molecule has 0 radical (unpaired) electrons. The van der Waals surface area contributed by atoms with Gasteiger partial charge in [-0.25, -0.2) is 0 Å². The van der Waals surface area contributed by atoms with Crippen molar-refractivity contribution in [2.75, 3.05) is 6.61 Å². The molecular formula is C12H26O. The van der Waals surface area contributed by atoms with E-state index in [1.54, 1.807) is 0 Å². The zero-order valence-electron chi connectivity index (χ0n) is 9.71. The minimum atomic E-state index is 0.348. The molecule has 0 aromatic heterocycles. The van der Waals surface area contributed by atoms with Crippen molar-refractivity contribution in [1.82, 2.24) is 0 Å². The van der Waals surface area contributed by atoms with Gasteiger partial charge in [0, 0.05) is 6.61 Å². The first-order valence-electron chi connectivity index (χ1n) is 5.68. The van der Waals surface area contributed by atoms with E-state index in [1.807, 2.05) is 0 Å². The maximum atomic E-state index is 8.72. The van der Waals surface area contributed by atoms with Crippen molar-refractivity contribution in [3.8, 4) is 0 Å². The third kappa shape index (κ3) is 7.06. The van der Waals surface area contributed by atoms with Crippen LogP contribution in [0.3, 0.4) is 0 Å². The highest BCUT2D eigenvalue weighted by atomic mass is 16.2. The van der Waals surface area contributed by atoms with E-state index in [2.05, 4.69) is 27.7 Å². The summed E-state index contributed by atoms with van der Waals surface area (Å²) < 4.78 is 0. The first-order valence-corrected chi connectivity index (χ1v) is 5.68. The standard InChI is InChI=1S/C12H26O/c1-10(2)7-8-12(4)11(3)6-5-9-13/h10-13H,5-9H2,1-4H3. The molecule has 0 aliphatic rings. The zero-order chi connectivity index (χ0) is 10.3. The molecule has 0 heterocycles. The molecule has 80 valence electrons. The minimum Gasteiger partial charge on any atom is -0.396 e. The summed E-state index contributed by atoms with van der Waals surface area (Å²) in [4.78, 5) is 0. The van der Waals surface area contributed by atoms with Gasteiger partial charge < -0.3 is 5.11 Å². The first-order chi connectivity index (χ1) is 6.07. The molecule has 0 saturated heterocycles. The van der Waals surface area contributed by atoms with Crippen LogP contribution in [0.2, 0.25) is 0 Å². The van der Waals surface area contributed by atoms with Crippen molar-refractivity contribution in [2.24, 2.45) is 17.8 Å². The van der Waals surface area contributed by atoms with Gasteiger partial charge in [-0.2, -0.15) is 0 Å². The molecule has 0 rings (SSSR count). The van der Waals surface area contributed by atoms with Crippen molar-refractivity contribution < 1.29 is 5.11 Å². The molecular weight excluding hydrogens is 160 g/mol. The van der Waals surface area contributed by atoms with Gasteiger partial charge in [-0.15, -0.1) is 0 Å².